The van der Waals surface area contributed by atoms with Gasteiger partial charge in [-0.05, 0) is 30.0 Å². The second kappa shape index (κ2) is 6.38. The molecule has 5 heteroatoms. The van der Waals surface area contributed by atoms with Crippen LogP contribution >= 0.6 is 0 Å². The van der Waals surface area contributed by atoms with Crippen molar-refractivity contribution in [1.29, 1.82) is 0 Å². The highest BCUT2D eigenvalue weighted by Crippen LogP contribution is 2.25. The van der Waals surface area contributed by atoms with Crippen LogP contribution in [0.1, 0.15) is 24.5 Å². The first-order valence-electron chi connectivity index (χ1n) is 7.91. The van der Waals surface area contributed by atoms with Gasteiger partial charge in [-0.15, -0.1) is 0 Å². The molecule has 1 saturated heterocycles. The number of amides is 2. The Hall–Kier alpha value is -2.04. The van der Waals surface area contributed by atoms with E-state index >= 15 is 0 Å². The van der Waals surface area contributed by atoms with Gasteiger partial charge in [-0.1, -0.05) is 12.1 Å². The van der Waals surface area contributed by atoms with Gasteiger partial charge in [0, 0.05) is 33.1 Å². The van der Waals surface area contributed by atoms with Crippen molar-refractivity contribution in [1.82, 2.24) is 9.80 Å². The highest BCUT2D eigenvalue weighted by molar-refractivity contribution is 5.79. The summed E-state index contributed by atoms with van der Waals surface area (Å²) in [6.45, 7) is 4.90. The zero-order valence-electron chi connectivity index (χ0n) is 13.0. The fraction of sp³-hybridized carbons (Fsp3) is 0.529. The smallest absolute Gasteiger partial charge is 0.227 e. The SMILES string of the molecule is CC(=O)N1CCN(C(=O)Cc2ccc3c(c2)CCCO3)CC1. The van der Waals surface area contributed by atoms with E-state index in [1.807, 2.05) is 17.0 Å². The molecule has 2 aliphatic heterocycles. The predicted molar refractivity (Wildman–Crippen MR) is 82.8 cm³/mol. The van der Waals surface area contributed by atoms with Crippen molar-refractivity contribution in [2.75, 3.05) is 32.8 Å². The van der Waals surface area contributed by atoms with Crippen molar-refractivity contribution in [2.45, 2.75) is 26.2 Å². The lowest BCUT2D eigenvalue weighted by Gasteiger charge is -2.34. The molecule has 2 heterocycles. The highest BCUT2D eigenvalue weighted by atomic mass is 16.5. The van der Waals surface area contributed by atoms with Crippen molar-refractivity contribution >= 4 is 11.8 Å². The normalized spacial score (nSPS) is 17.7. The average Bonchev–Trinajstić information content (AvgIpc) is 2.55. The van der Waals surface area contributed by atoms with Crippen LogP contribution in [0.4, 0.5) is 0 Å². The fourth-order valence-corrected chi connectivity index (χ4v) is 3.08. The molecule has 1 aromatic rings. The van der Waals surface area contributed by atoms with Gasteiger partial charge in [0.05, 0.1) is 13.0 Å². The molecule has 0 bridgehead atoms. The van der Waals surface area contributed by atoms with Gasteiger partial charge in [0.1, 0.15) is 5.75 Å². The van der Waals surface area contributed by atoms with E-state index in [1.165, 1.54) is 5.56 Å². The molecule has 0 aliphatic carbocycles. The Kier molecular flexibility index (Phi) is 4.32. The molecule has 0 radical (unpaired) electrons. The second-order valence-corrected chi connectivity index (χ2v) is 5.96. The summed E-state index contributed by atoms with van der Waals surface area (Å²) < 4.78 is 5.60. The molecule has 0 aromatic heterocycles. The number of hydrogen-bond donors (Lipinski definition) is 0. The van der Waals surface area contributed by atoms with Gasteiger partial charge in [-0.3, -0.25) is 9.59 Å². The molecule has 2 amide bonds. The Morgan fingerprint density at radius 3 is 2.59 bits per heavy atom. The molecule has 0 N–H and O–H groups in total. The molecule has 22 heavy (non-hydrogen) atoms. The first kappa shape index (κ1) is 14.9. The molecule has 0 saturated carbocycles. The Morgan fingerprint density at radius 2 is 1.86 bits per heavy atom. The number of rotatable bonds is 2. The molecule has 1 fully saturated rings. The van der Waals surface area contributed by atoms with Crippen molar-refractivity contribution in [3.05, 3.63) is 29.3 Å². The van der Waals surface area contributed by atoms with Gasteiger partial charge < -0.3 is 14.5 Å². The minimum atomic E-state index is 0.0850. The summed E-state index contributed by atoms with van der Waals surface area (Å²) in [5, 5.41) is 0. The largest absolute Gasteiger partial charge is 0.493 e. The van der Waals surface area contributed by atoms with Crippen molar-refractivity contribution in [2.24, 2.45) is 0 Å². The third-order valence-corrected chi connectivity index (χ3v) is 4.41. The van der Waals surface area contributed by atoms with Gasteiger partial charge in [-0.2, -0.15) is 0 Å². The predicted octanol–water partition coefficient (Wildman–Crippen LogP) is 1.24. The lowest BCUT2D eigenvalue weighted by atomic mass is 10.0. The Bertz CT molecular complexity index is 577. The van der Waals surface area contributed by atoms with Gasteiger partial charge in [0.15, 0.2) is 0 Å². The number of carbonyl (C=O) groups is 2. The Labute approximate surface area is 130 Å². The number of fused-ring (bicyclic) bond motifs is 1. The van der Waals surface area contributed by atoms with Crippen LogP contribution in [-0.2, 0) is 22.4 Å². The van der Waals surface area contributed by atoms with Crippen molar-refractivity contribution < 1.29 is 14.3 Å². The standard InChI is InChI=1S/C17H22N2O3/c1-13(20)18-6-8-19(9-7-18)17(21)12-14-4-5-16-15(11-14)3-2-10-22-16/h4-5,11H,2-3,6-10,12H2,1H3. The number of piperazine rings is 1. The van der Waals surface area contributed by atoms with Crippen molar-refractivity contribution in [3.63, 3.8) is 0 Å². The third-order valence-electron chi connectivity index (χ3n) is 4.41. The van der Waals surface area contributed by atoms with Crippen LogP contribution in [0.2, 0.25) is 0 Å². The summed E-state index contributed by atoms with van der Waals surface area (Å²) in [5.41, 5.74) is 2.25. The average molecular weight is 302 g/mol. The van der Waals surface area contributed by atoms with Gasteiger partial charge in [0.2, 0.25) is 11.8 Å². The monoisotopic (exact) mass is 302 g/mol. The number of benzene rings is 1. The van der Waals surface area contributed by atoms with Gasteiger partial charge >= 0.3 is 0 Å². The molecule has 118 valence electrons. The minimum absolute atomic E-state index is 0.0850. The maximum atomic E-state index is 12.4. The van der Waals surface area contributed by atoms with E-state index in [1.54, 1.807) is 11.8 Å². The first-order chi connectivity index (χ1) is 10.6. The summed E-state index contributed by atoms with van der Waals surface area (Å²) in [6, 6.07) is 6.05. The fourth-order valence-electron chi connectivity index (χ4n) is 3.08. The molecule has 1 aromatic carbocycles. The number of ether oxygens (including phenoxy) is 1. The summed E-state index contributed by atoms with van der Waals surface area (Å²) in [4.78, 5) is 27.4. The maximum Gasteiger partial charge on any atom is 0.227 e. The summed E-state index contributed by atoms with van der Waals surface area (Å²) >= 11 is 0. The maximum absolute atomic E-state index is 12.4. The van der Waals surface area contributed by atoms with E-state index in [-0.39, 0.29) is 11.8 Å². The van der Waals surface area contributed by atoms with Crippen LogP contribution in [0.5, 0.6) is 5.75 Å². The van der Waals surface area contributed by atoms with Crippen LogP contribution in [0.25, 0.3) is 0 Å². The Balaban J connectivity index is 1.59. The van der Waals surface area contributed by atoms with E-state index in [9.17, 15) is 9.59 Å². The van der Waals surface area contributed by atoms with E-state index in [0.29, 0.717) is 32.6 Å². The van der Waals surface area contributed by atoms with E-state index < -0.39 is 0 Å². The van der Waals surface area contributed by atoms with E-state index in [2.05, 4.69) is 6.07 Å². The quantitative estimate of drug-likeness (QED) is 0.826. The summed E-state index contributed by atoms with van der Waals surface area (Å²) in [6.07, 6.45) is 2.49. The van der Waals surface area contributed by atoms with Crippen LogP contribution in [0.15, 0.2) is 18.2 Å². The molecule has 5 nitrogen and oxygen atoms in total. The van der Waals surface area contributed by atoms with Crippen LogP contribution in [0, 0.1) is 0 Å². The molecular formula is C17H22N2O3. The van der Waals surface area contributed by atoms with Crippen LogP contribution in [0.3, 0.4) is 0 Å². The molecule has 3 rings (SSSR count). The molecule has 0 atom stereocenters. The second-order valence-electron chi connectivity index (χ2n) is 5.96. The zero-order chi connectivity index (χ0) is 15.5. The van der Waals surface area contributed by atoms with E-state index in [0.717, 1.165) is 30.8 Å². The molecule has 0 spiro atoms. The molecule has 2 aliphatic rings. The third kappa shape index (κ3) is 3.24. The number of aryl methyl sites for hydroxylation is 1. The molecule has 0 unspecified atom stereocenters. The Morgan fingerprint density at radius 1 is 1.14 bits per heavy atom. The van der Waals surface area contributed by atoms with Gasteiger partial charge in [0.25, 0.3) is 0 Å². The van der Waals surface area contributed by atoms with Crippen LogP contribution < -0.4 is 4.74 Å². The lowest BCUT2D eigenvalue weighted by molar-refractivity contribution is -0.138. The summed E-state index contributed by atoms with van der Waals surface area (Å²) in [5.74, 6) is 1.18. The van der Waals surface area contributed by atoms with Gasteiger partial charge in [-0.25, -0.2) is 0 Å². The van der Waals surface area contributed by atoms with Crippen LogP contribution in [-0.4, -0.2) is 54.4 Å². The van der Waals surface area contributed by atoms with E-state index in [4.69, 9.17) is 4.74 Å². The number of nitrogens with zero attached hydrogens (tertiary/aromatic N) is 2. The lowest BCUT2D eigenvalue weighted by Crippen LogP contribution is -2.50. The number of hydrogen-bond acceptors (Lipinski definition) is 3. The topological polar surface area (TPSA) is 49.9 Å². The van der Waals surface area contributed by atoms with Crippen molar-refractivity contribution in [3.8, 4) is 5.75 Å². The summed E-state index contributed by atoms with van der Waals surface area (Å²) in [7, 11) is 0. The highest BCUT2D eigenvalue weighted by Gasteiger charge is 2.22. The number of carbonyl (C=O) groups excluding carboxylic acids is 2. The molecular weight excluding hydrogens is 280 g/mol. The minimum Gasteiger partial charge on any atom is -0.493 e. The zero-order valence-corrected chi connectivity index (χ0v) is 13.0. The first-order valence-corrected chi connectivity index (χ1v) is 7.91.